The van der Waals surface area contributed by atoms with Crippen LogP contribution >= 0.6 is 0 Å². The van der Waals surface area contributed by atoms with E-state index in [-0.39, 0.29) is 24.5 Å². The first-order valence-electron chi connectivity index (χ1n) is 13.7. The highest BCUT2D eigenvalue weighted by Crippen LogP contribution is 2.26. The Balaban J connectivity index is 1.47. The molecule has 2 atom stereocenters. The highest BCUT2D eigenvalue weighted by Gasteiger charge is 2.32. The summed E-state index contributed by atoms with van der Waals surface area (Å²) >= 11 is 0. The van der Waals surface area contributed by atoms with Crippen LogP contribution in [0.1, 0.15) is 35.6 Å². The Hall–Kier alpha value is -4.24. The van der Waals surface area contributed by atoms with Gasteiger partial charge in [0.2, 0.25) is 11.8 Å². The van der Waals surface area contributed by atoms with E-state index in [9.17, 15) is 9.59 Å². The molecule has 1 aromatic heterocycles. The van der Waals surface area contributed by atoms with Gasteiger partial charge in [-0.05, 0) is 61.6 Å². The summed E-state index contributed by atoms with van der Waals surface area (Å²) in [5.74, 6) is 0.201. The van der Waals surface area contributed by atoms with Gasteiger partial charge < -0.3 is 19.7 Å². The normalized spacial score (nSPS) is 15.6. The fourth-order valence-electron chi connectivity index (χ4n) is 5.14. The molecule has 208 valence electrons. The number of para-hydroxylation sites is 1. The molecule has 0 saturated carbocycles. The average Bonchev–Trinajstić information content (AvgIpc) is 3.64. The van der Waals surface area contributed by atoms with Gasteiger partial charge >= 0.3 is 0 Å². The van der Waals surface area contributed by atoms with Crippen molar-refractivity contribution in [3.8, 4) is 5.75 Å². The van der Waals surface area contributed by atoms with Crippen molar-refractivity contribution in [3.05, 3.63) is 89.5 Å². The fraction of sp³-hybridized carbons (Fsp3) is 0.355. The first-order valence-corrected chi connectivity index (χ1v) is 13.7. The van der Waals surface area contributed by atoms with Gasteiger partial charge in [-0.2, -0.15) is 0 Å². The highest BCUT2D eigenvalue weighted by molar-refractivity contribution is 5.89. The molecule has 9 nitrogen and oxygen atoms in total. The van der Waals surface area contributed by atoms with Crippen LogP contribution in [0.5, 0.6) is 5.75 Å². The van der Waals surface area contributed by atoms with Gasteiger partial charge in [-0.3, -0.25) is 9.59 Å². The molecule has 9 heteroatoms. The topological polar surface area (TPSA) is 98.6 Å². The summed E-state index contributed by atoms with van der Waals surface area (Å²) in [7, 11) is 1.60. The number of aryl methyl sites for hydroxylation is 1. The third kappa shape index (κ3) is 6.48. The number of aromatic nitrogens is 3. The smallest absolute Gasteiger partial charge is 0.247 e. The molecule has 1 aliphatic rings. The molecule has 40 heavy (non-hydrogen) atoms. The number of ether oxygens (including phenoxy) is 2. The van der Waals surface area contributed by atoms with Crippen LogP contribution < -0.4 is 10.1 Å². The van der Waals surface area contributed by atoms with Crippen molar-refractivity contribution >= 4 is 22.8 Å². The van der Waals surface area contributed by atoms with Crippen LogP contribution in [-0.4, -0.2) is 64.6 Å². The van der Waals surface area contributed by atoms with Gasteiger partial charge in [0, 0.05) is 19.7 Å². The van der Waals surface area contributed by atoms with Crippen LogP contribution in [0.3, 0.4) is 0 Å². The number of carbonyl (C=O) groups excluding carboxylic acids is 2. The van der Waals surface area contributed by atoms with Crippen LogP contribution in [0, 0.1) is 6.92 Å². The van der Waals surface area contributed by atoms with Crippen molar-refractivity contribution in [3.63, 3.8) is 0 Å². The molecule has 1 N–H and O–H groups in total. The van der Waals surface area contributed by atoms with E-state index in [0.29, 0.717) is 42.9 Å². The molecule has 0 spiro atoms. The number of hydrogen-bond donors (Lipinski definition) is 1. The maximum atomic E-state index is 14.1. The van der Waals surface area contributed by atoms with E-state index in [2.05, 4.69) is 21.7 Å². The third-order valence-corrected chi connectivity index (χ3v) is 7.27. The molecule has 5 rings (SSSR count). The molecule has 2 heterocycles. The van der Waals surface area contributed by atoms with E-state index >= 15 is 0 Å². The first kappa shape index (κ1) is 27.3. The zero-order valence-corrected chi connectivity index (χ0v) is 23.0. The molecule has 1 saturated heterocycles. The molecule has 2 amide bonds. The van der Waals surface area contributed by atoms with Gasteiger partial charge in [0.05, 0.1) is 18.7 Å². The second kappa shape index (κ2) is 12.7. The lowest BCUT2D eigenvalue weighted by molar-refractivity contribution is -0.141. The summed E-state index contributed by atoms with van der Waals surface area (Å²) in [5.41, 5.74) is 4.41. The maximum absolute atomic E-state index is 14.1. The lowest BCUT2D eigenvalue weighted by Crippen LogP contribution is -2.47. The molecule has 0 aliphatic carbocycles. The molecule has 1 fully saturated rings. The van der Waals surface area contributed by atoms with E-state index in [1.807, 2.05) is 73.7 Å². The predicted molar refractivity (Wildman–Crippen MR) is 152 cm³/mol. The molecule has 0 radical (unpaired) electrons. The number of nitrogens with one attached hydrogen (secondary N) is 1. The van der Waals surface area contributed by atoms with Crippen molar-refractivity contribution < 1.29 is 19.1 Å². The average molecular weight is 542 g/mol. The van der Waals surface area contributed by atoms with E-state index in [1.165, 1.54) is 0 Å². The summed E-state index contributed by atoms with van der Waals surface area (Å²) in [4.78, 5) is 29.6. The van der Waals surface area contributed by atoms with Gasteiger partial charge in [-0.15, -0.1) is 5.10 Å². The van der Waals surface area contributed by atoms with E-state index < -0.39 is 6.04 Å². The lowest BCUT2D eigenvalue weighted by Gasteiger charge is -2.32. The molecule has 3 aromatic carbocycles. The minimum absolute atomic E-state index is 0.0153. The van der Waals surface area contributed by atoms with Crippen LogP contribution in [0.2, 0.25) is 0 Å². The van der Waals surface area contributed by atoms with Crippen molar-refractivity contribution in [2.24, 2.45) is 0 Å². The molecule has 1 aliphatic heterocycles. The standard InChI is InChI=1S/C31H35N5O4/c1-22-7-5-8-23(19-22)16-17-35(29(37)21-36-28-11-4-3-10-27(28)33-34-36)30(24-12-14-25(39-2)15-13-24)31(38)32-20-26-9-6-18-40-26/h3-5,7-8,10-15,19,26,30H,6,9,16-18,20-21H2,1-2H3,(H,32,38)/t26-,30-/m1/s1. The monoisotopic (exact) mass is 541 g/mol. The van der Waals surface area contributed by atoms with Gasteiger partial charge in [0.25, 0.3) is 0 Å². The predicted octanol–water partition coefficient (Wildman–Crippen LogP) is 3.86. The minimum atomic E-state index is -0.848. The van der Waals surface area contributed by atoms with Gasteiger partial charge in [-0.25, -0.2) is 4.68 Å². The molecule has 0 bridgehead atoms. The Morgan fingerprint density at radius 2 is 1.95 bits per heavy atom. The zero-order valence-electron chi connectivity index (χ0n) is 23.0. The number of methoxy groups -OCH3 is 1. The number of hydrogen-bond acceptors (Lipinski definition) is 6. The van der Waals surface area contributed by atoms with Crippen molar-refractivity contribution in [1.82, 2.24) is 25.2 Å². The summed E-state index contributed by atoms with van der Waals surface area (Å²) in [6.45, 7) is 3.45. The summed E-state index contributed by atoms with van der Waals surface area (Å²) < 4.78 is 12.7. The number of rotatable bonds is 11. The van der Waals surface area contributed by atoms with Crippen LogP contribution in [0.4, 0.5) is 0 Å². The van der Waals surface area contributed by atoms with E-state index in [4.69, 9.17) is 9.47 Å². The van der Waals surface area contributed by atoms with Crippen molar-refractivity contribution in [1.29, 1.82) is 0 Å². The molecule has 4 aromatic rings. The number of carbonyl (C=O) groups is 2. The third-order valence-electron chi connectivity index (χ3n) is 7.27. The Morgan fingerprint density at radius 1 is 1.12 bits per heavy atom. The fourth-order valence-corrected chi connectivity index (χ4v) is 5.14. The Morgan fingerprint density at radius 3 is 2.70 bits per heavy atom. The minimum Gasteiger partial charge on any atom is -0.497 e. The zero-order chi connectivity index (χ0) is 27.9. The Kier molecular flexibility index (Phi) is 8.71. The summed E-state index contributed by atoms with van der Waals surface area (Å²) in [5, 5.41) is 11.5. The van der Waals surface area contributed by atoms with Gasteiger partial charge in [0.15, 0.2) is 0 Å². The molecule has 0 unspecified atom stereocenters. The Bertz CT molecular complexity index is 1450. The summed E-state index contributed by atoms with van der Waals surface area (Å²) in [6.07, 6.45) is 2.47. The first-order chi connectivity index (χ1) is 19.5. The van der Waals surface area contributed by atoms with Gasteiger partial charge in [0.1, 0.15) is 23.9 Å². The van der Waals surface area contributed by atoms with E-state index in [1.54, 1.807) is 16.7 Å². The lowest BCUT2D eigenvalue weighted by atomic mass is 10.0. The summed E-state index contributed by atoms with van der Waals surface area (Å²) in [6, 6.07) is 22.2. The van der Waals surface area contributed by atoms with Gasteiger partial charge in [-0.1, -0.05) is 59.3 Å². The second-order valence-electron chi connectivity index (χ2n) is 10.1. The maximum Gasteiger partial charge on any atom is 0.247 e. The number of nitrogens with zero attached hydrogens (tertiary/aromatic N) is 4. The number of benzene rings is 3. The van der Waals surface area contributed by atoms with E-state index in [0.717, 1.165) is 29.5 Å². The molecular weight excluding hydrogens is 506 g/mol. The highest BCUT2D eigenvalue weighted by atomic mass is 16.5. The van der Waals surface area contributed by atoms with Crippen LogP contribution in [-0.2, 0) is 27.3 Å². The molecular formula is C31H35N5O4. The van der Waals surface area contributed by atoms with Crippen LogP contribution in [0.25, 0.3) is 11.0 Å². The number of amides is 2. The largest absolute Gasteiger partial charge is 0.497 e. The SMILES string of the molecule is COc1ccc([C@H](C(=O)NC[C@H]2CCCO2)N(CCc2cccc(C)c2)C(=O)Cn2nnc3ccccc32)cc1. The quantitative estimate of drug-likeness (QED) is 0.310. The number of fused-ring (bicyclic) bond motifs is 1. The van der Waals surface area contributed by atoms with Crippen molar-refractivity contribution in [2.75, 3.05) is 26.8 Å². The van der Waals surface area contributed by atoms with Crippen molar-refractivity contribution in [2.45, 2.75) is 44.9 Å². The second-order valence-corrected chi connectivity index (χ2v) is 10.1. The Labute approximate surface area is 234 Å². The van der Waals surface area contributed by atoms with Crippen LogP contribution in [0.15, 0.2) is 72.8 Å².